The summed E-state index contributed by atoms with van der Waals surface area (Å²) in [6, 6.07) is 0. The molecule has 2 amide bonds. The van der Waals surface area contributed by atoms with E-state index in [-0.39, 0.29) is 18.2 Å². The van der Waals surface area contributed by atoms with Gasteiger partial charge in [0.2, 0.25) is 11.8 Å². The Hall–Kier alpha value is -0.380. The fraction of sp³-hybridized carbons (Fsp3) is 0.667. The van der Waals surface area contributed by atoms with Gasteiger partial charge in [-0.1, -0.05) is 22.9 Å². The van der Waals surface area contributed by atoms with Crippen LogP contribution >= 0.6 is 15.9 Å². The summed E-state index contributed by atoms with van der Waals surface area (Å²) >= 11 is 3.22. The van der Waals surface area contributed by atoms with Crippen LogP contribution in [0.1, 0.15) is 19.8 Å². The highest BCUT2D eigenvalue weighted by Crippen LogP contribution is 2.30. The Labute approximate surface area is 67.3 Å². The molecule has 56 valence electrons. The predicted octanol–water partition coefficient (Wildman–Crippen LogP) is 0.577. The Morgan fingerprint density at radius 1 is 1.70 bits per heavy atom. The maximum Gasteiger partial charge on any atom is 0.243 e. The maximum absolute atomic E-state index is 11.0. The normalized spacial score (nSPS) is 32.6. The molecule has 0 bridgehead atoms. The van der Waals surface area contributed by atoms with Crippen molar-refractivity contribution in [2.45, 2.75) is 24.1 Å². The molecule has 10 heavy (non-hydrogen) atoms. The van der Waals surface area contributed by atoms with Gasteiger partial charge in [0.15, 0.2) is 0 Å². The number of amides is 2. The molecule has 1 rings (SSSR count). The lowest BCUT2D eigenvalue weighted by Gasteiger charge is -2.12. The second kappa shape index (κ2) is 2.34. The summed E-state index contributed by atoms with van der Waals surface area (Å²) < 4.78 is -0.621. The first-order chi connectivity index (χ1) is 4.58. The van der Waals surface area contributed by atoms with E-state index < -0.39 is 4.32 Å². The topological polar surface area (TPSA) is 46.2 Å². The third kappa shape index (κ3) is 1.08. The van der Waals surface area contributed by atoms with Gasteiger partial charge in [0.1, 0.15) is 4.32 Å². The summed E-state index contributed by atoms with van der Waals surface area (Å²) in [6.45, 7) is 1.87. The fourth-order valence-electron chi connectivity index (χ4n) is 0.903. The number of alkyl halides is 1. The first-order valence-corrected chi connectivity index (χ1v) is 3.91. The molecule has 0 aromatic rings. The lowest BCUT2D eigenvalue weighted by Crippen LogP contribution is -2.31. The molecule has 1 unspecified atom stereocenters. The molecule has 1 saturated heterocycles. The van der Waals surface area contributed by atoms with E-state index in [0.29, 0.717) is 6.42 Å². The van der Waals surface area contributed by atoms with Crippen molar-refractivity contribution in [3.63, 3.8) is 0 Å². The first kappa shape index (κ1) is 7.72. The minimum atomic E-state index is -0.621. The summed E-state index contributed by atoms with van der Waals surface area (Å²) in [5.41, 5.74) is 0. The van der Waals surface area contributed by atoms with Gasteiger partial charge in [-0.2, -0.15) is 0 Å². The van der Waals surface area contributed by atoms with Crippen LogP contribution < -0.4 is 5.32 Å². The van der Waals surface area contributed by atoms with Gasteiger partial charge in [0.25, 0.3) is 0 Å². The van der Waals surface area contributed by atoms with E-state index >= 15 is 0 Å². The highest BCUT2D eigenvalue weighted by molar-refractivity contribution is 9.10. The highest BCUT2D eigenvalue weighted by Gasteiger charge is 2.42. The standard InChI is InChI=1S/C6H8BrNO2/c1-2-6(7)3-4(9)8-5(6)10/h2-3H2,1H3,(H,8,9,10). The Morgan fingerprint density at radius 3 is 2.50 bits per heavy atom. The van der Waals surface area contributed by atoms with E-state index in [4.69, 9.17) is 0 Å². The molecule has 0 saturated carbocycles. The number of halogens is 1. The predicted molar refractivity (Wildman–Crippen MR) is 39.7 cm³/mol. The Kier molecular flexibility index (Phi) is 1.81. The van der Waals surface area contributed by atoms with Crippen molar-refractivity contribution < 1.29 is 9.59 Å². The Balaban J connectivity index is 2.80. The molecule has 0 radical (unpaired) electrons. The molecular weight excluding hydrogens is 198 g/mol. The number of nitrogens with one attached hydrogen (secondary N) is 1. The van der Waals surface area contributed by atoms with Crippen LogP contribution in [0.25, 0.3) is 0 Å². The molecule has 1 aliphatic rings. The smallest absolute Gasteiger partial charge is 0.243 e. The van der Waals surface area contributed by atoms with Crippen LogP contribution in [-0.4, -0.2) is 16.1 Å². The molecule has 1 atom stereocenters. The van der Waals surface area contributed by atoms with Crippen molar-refractivity contribution in [1.29, 1.82) is 0 Å². The second-order valence-corrected chi connectivity index (χ2v) is 3.89. The van der Waals surface area contributed by atoms with Gasteiger partial charge in [-0.15, -0.1) is 0 Å². The van der Waals surface area contributed by atoms with E-state index in [1.807, 2.05) is 6.92 Å². The summed E-state index contributed by atoms with van der Waals surface area (Å²) in [7, 11) is 0. The number of hydrogen-bond donors (Lipinski definition) is 1. The van der Waals surface area contributed by atoms with Crippen molar-refractivity contribution >= 4 is 27.7 Å². The lowest BCUT2D eigenvalue weighted by molar-refractivity contribution is -0.125. The van der Waals surface area contributed by atoms with E-state index in [0.717, 1.165) is 0 Å². The van der Waals surface area contributed by atoms with Crippen LogP contribution in [0, 0.1) is 0 Å². The maximum atomic E-state index is 11.0. The van der Waals surface area contributed by atoms with E-state index in [9.17, 15) is 9.59 Å². The van der Waals surface area contributed by atoms with E-state index in [1.54, 1.807) is 0 Å². The summed E-state index contributed by atoms with van der Waals surface area (Å²) in [6.07, 6.45) is 0.910. The van der Waals surface area contributed by atoms with Crippen LogP contribution in [0.2, 0.25) is 0 Å². The van der Waals surface area contributed by atoms with Gasteiger partial charge in [-0.25, -0.2) is 0 Å². The summed E-state index contributed by atoms with van der Waals surface area (Å²) in [5.74, 6) is -0.399. The Morgan fingerprint density at radius 2 is 2.30 bits per heavy atom. The van der Waals surface area contributed by atoms with Gasteiger partial charge in [0, 0.05) is 0 Å². The van der Waals surface area contributed by atoms with Crippen LogP contribution in [0.15, 0.2) is 0 Å². The molecule has 0 spiro atoms. The molecular formula is C6H8BrNO2. The lowest BCUT2D eigenvalue weighted by atomic mass is 10.1. The van der Waals surface area contributed by atoms with Crippen LogP contribution in [0.3, 0.4) is 0 Å². The number of carbonyl (C=O) groups excluding carboxylic acids is 2. The SMILES string of the molecule is CCC1(Br)CC(=O)NC1=O. The van der Waals surface area contributed by atoms with Gasteiger partial charge >= 0.3 is 0 Å². The van der Waals surface area contributed by atoms with Gasteiger partial charge in [0.05, 0.1) is 6.42 Å². The van der Waals surface area contributed by atoms with E-state index in [1.165, 1.54) is 0 Å². The molecule has 1 heterocycles. The molecule has 1 fully saturated rings. The average molecular weight is 206 g/mol. The molecule has 1 aliphatic heterocycles. The zero-order valence-electron chi connectivity index (χ0n) is 5.61. The minimum Gasteiger partial charge on any atom is -0.295 e. The third-order valence-corrected chi connectivity index (χ3v) is 2.86. The third-order valence-electron chi connectivity index (χ3n) is 1.66. The van der Waals surface area contributed by atoms with Gasteiger partial charge < -0.3 is 0 Å². The summed E-state index contributed by atoms with van der Waals surface area (Å²) in [4.78, 5) is 21.6. The number of carbonyl (C=O) groups is 2. The number of rotatable bonds is 1. The number of hydrogen-bond acceptors (Lipinski definition) is 2. The first-order valence-electron chi connectivity index (χ1n) is 3.11. The molecule has 1 N–H and O–H groups in total. The van der Waals surface area contributed by atoms with Crippen LogP contribution in [-0.2, 0) is 9.59 Å². The zero-order valence-corrected chi connectivity index (χ0v) is 7.19. The molecule has 0 aromatic heterocycles. The van der Waals surface area contributed by atoms with Crippen molar-refractivity contribution in [1.82, 2.24) is 5.32 Å². The van der Waals surface area contributed by atoms with Crippen molar-refractivity contribution in [2.24, 2.45) is 0 Å². The monoisotopic (exact) mass is 205 g/mol. The van der Waals surface area contributed by atoms with Gasteiger partial charge in [-0.3, -0.25) is 14.9 Å². The molecule has 4 heteroatoms. The fourth-order valence-corrected chi connectivity index (χ4v) is 1.26. The Bertz CT molecular complexity index is 192. The quantitative estimate of drug-likeness (QED) is 0.503. The number of imide groups is 1. The zero-order chi connectivity index (χ0) is 7.78. The highest BCUT2D eigenvalue weighted by atomic mass is 79.9. The molecule has 3 nitrogen and oxygen atoms in total. The van der Waals surface area contributed by atoms with Crippen LogP contribution in [0.5, 0.6) is 0 Å². The van der Waals surface area contributed by atoms with Crippen molar-refractivity contribution in [3.8, 4) is 0 Å². The minimum absolute atomic E-state index is 0.191. The van der Waals surface area contributed by atoms with Crippen molar-refractivity contribution in [2.75, 3.05) is 0 Å². The van der Waals surface area contributed by atoms with E-state index in [2.05, 4.69) is 21.2 Å². The summed E-state index contributed by atoms with van der Waals surface area (Å²) in [5, 5.41) is 2.23. The average Bonchev–Trinajstić information content (AvgIpc) is 2.09. The second-order valence-electron chi connectivity index (χ2n) is 2.37. The van der Waals surface area contributed by atoms with Crippen LogP contribution in [0.4, 0.5) is 0 Å². The van der Waals surface area contributed by atoms with Crippen molar-refractivity contribution in [3.05, 3.63) is 0 Å². The molecule has 0 aliphatic carbocycles. The molecule has 0 aromatic carbocycles. The largest absolute Gasteiger partial charge is 0.295 e. The van der Waals surface area contributed by atoms with Gasteiger partial charge in [-0.05, 0) is 6.42 Å².